The molecular weight excluding hydrogens is 610 g/mol. The topological polar surface area (TPSA) is 142 Å². The minimum atomic E-state index is -4.94. The third kappa shape index (κ3) is 8.72. The summed E-state index contributed by atoms with van der Waals surface area (Å²) in [4.78, 5) is 29.2. The second-order valence-electron chi connectivity index (χ2n) is 9.02. The normalized spacial score (nSPS) is 11.9. The number of carbonyl (C=O) groups is 2. The Morgan fingerprint density at radius 1 is 0.674 bits per heavy atom. The number of halogens is 2. The first-order valence-electron chi connectivity index (χ1n) is 13.3. The Balaban J connectivity index is 0.000000934. The lowest BCUT2D eigenvalue weighted by Gasteiger charge is -2.29. The molecule has 0 fully saturated rings. The fourth-order valence-corrected chi connectivity index (χ4v) is 9.47. The summed E-state index contributed by atoms with van der Waals surface area (Å²) in [6, 6.07) is 38.9. The first-order chi connectivity index (χ1) is 20.5. The minimum Gasteiger partial charge on any atom is -0.338 e. The largest absolute Gasteiger partial charge is 0.338 e. The summed E-state index contributed by atoms with van der Waals surface area (Å²) in [5.41, 5.74) is 0.555. The molecule has 2 amide bonds. The van der Waals surface area contributed by atoms with Crippen molar-refractivity contribution in [1.82, 2.24) is 10.2 Å². The fraction of sp³-hybridized carbons (Fsp3) is 0.125. The van der Waals surface area contributed by atoms with Crippen LogP contribution in [0.25, 0.3) is 0 Å². The highest BCUT2D eigenvalue weighted by atomic mass is 35.7. The van der Waals surface area contributed by atoms with Crippen molar-refractivity contribution in [2.75, 3.05) is 13.1 Å². The van der Waals surface area contributed by atoms with Crippen LogP contribution in [0.2, 0.25) is 0 Å². The number of hydrogen-bond donors (Lipinski definition) is 1. The molecule has 0 saturated carbocycles. The fourth-order valence-electron chi connectivity index (χ4n) is 4.55. The Bertz CT molecular complexity index is 1400. The van der Waals surface area contributed by atoms with Crippen LogP contribution in [-0.2, 0) is 4.79 Å². The molecule has 0 aliphatic rings. The second-order valence-corrected chi connectivity index (χ2v) is 13.8. The van der Waals surface area contributed by atoms with Gasteiger partial charge in [-0.2, -0.15) is 0 Å². The van der Waals surface area contributed by atoms with Crippen molar-refractivity contribution < 1.29 is 38.5 Å². The maximum Gasteiger partial charge on any atom is 0.275 e. The summed E-state index contributed by atoms with van der Waals surface area (Å²) in [5, 5.41) is 5.90. The van der Waals surface area contributed by atoms with Gasteiger partial charge >= 0.3 is 0 Å². The second kappa shape index (κ2) is 15.8. The summed E-state index contributed by atoms with van der Waals surface area (Å²) in [5.74, 6) is -0.692. The van der Waals surface area contributed by atoms with E-state index >= 15 is 0 Å². The number of nitrogens with one attached hydrogen (secondary N) is 1. The minimum absolute atomic E-state index is 0.106. The van der Waals surface area contributed by atoms with E-state index in [-0.39, 0.29) is 17.5 Å². The van der Waals surface area contributed by atoms with Crippen LogP contribution in [0.5, 0.6) is 0 Å². The predicted octanol–water partition coefficient (Wildman–Crippen LogP) is 0.931. The highest BCUT2D eigenvalue weighted by Crippen LogP contribution is 2.64. The van der Waals surface area contributed by atoms with Gasteiger partial charge in [0.1, 0.15) is 15.9 Å². The molecule has 0 unspecified atom stereocenters. The van der Waals surface area contributed by atoms with Crippen molar-refractivity contribution in [3.63, 3.8) is 0 Å². The van der Waals surface area contributed by atoms with Gasteiger partial charge in [0.05, 0.1) is 0 Å². The van der Waals surface area contributed by atoms with Gasteiger partial charge in [-0.25, -0.2) is 18.6 Å². The SMILES string of the molecule is CCN(CC)C(=O)/C(NC(=O)c1ccccc1)=C(/Cl)[P+](c1ccccc1)(c1ccccc1)c1ccccc1.[O-][Cl+3]([O-])([O-])[O-]. The smallest absolute Gasteiger partial charge is 0.275 e. The Hall–Kier alpha value is -3.59. The van der Waals surface area contributed by atoms with E-state index in [0.717, 1.165) is 15.9 Å². The summed E-state index contributed by atoms with van der Waals surface area (Å²) in [6.07, 6.45) is 0. The molecule has 0 spiro atoms. The number of benzene rings is 4. The van der Waals surface area contributed by atoms with Crippen LogP contribution in [0.3, 0.4) is 0 Å². The Morgan fingerprint density at radius 2 is 1.00 bits per heavy atom. The Morgan fingerprint density at radius 3 is 1.33 bits per heavy atom. The van der Waals surface area contributed by atoms with Gasteiger partial charge in [-0.05, 0) is 74.0 Å². The van der Waals surface area contributed by atoms with Crippen molar-refractivity contribution in [3.05, 3.63) is 137 Å². The Labute approximate surface area is 258 Å². The molecular formula is C32H31Cl2N2O6P. The zero-order valence-corrected chi connectivity index (χ0v) is 26.0. The molecule has 0 saturated heterocycles. The van der Waals surface area contributed by atoms with Crippen molar-refractivity contribution >= 4 is 46.6 Å². The van der Waals surface area contributed by atoms with Crippen molar-refractivity contribution in [2.45, 2.75) is 13.8 Å². The van der Waals surface area contributed by atoms with Crippen LogP contribution >= 0.6 is 18.9 Å². The molecule has 0 radical (unpaired) electrons. The number of nitrogens with zero attached hydrogens (tertiary/aromatic N) is 1. The van der Waals surface area contributed by atoms with Gasteiger partial charge in [0, 0.05) is 18.7 Å². The third-order valence-corrected chi connectivity index (χ3v) is 11.5. The van der Waals surface area contributed by atoms with Crippen LogP contribution in [0, 0.1) is 10.2 Å². The molecule has 11 heteroatoms. The third-order valence-electron chi connectivity index (χ3n) is 6.47. The van der Waals surface area contributed by atoms with E-state index in [2.05, 4.69) is 41.7 Å². The van der Waals surface area contributed by atoms with E-state index in [1.807, 2.05) is 74.5 Å². The van der Waals surface area contributed by atoms with Gasteiger partial charge in [0.25, 0.3) is 11.8 Å². The van der Waals surface area contributed by atoms with Crippen molar-refractivity contribution in [2.24, 2.45) is 0 Å². The quantitative estimate of drug-likeness (QED) is 0.213. The molecule has 224 valence electrons. The van der Waals surface area contributed by atoms with Crippen LogP contribution < -0.4 is 39.9 Å². The average molecular weight is 641 g/mol. The number of likely N-dealkylation sites (N-methyl/N-ethyl adjacent to an activating group) is 1. The molecule has 43 heavy (non-hydrogen) atoms. The van der Waals surface area contributed by atoms with Gasteiger partial charge in [-0.3, -0.25) is 9.59 Å². The van der Waals surface area contributed by atoms with Crippen LogP contribution in [0.4, 0.5) is 0 Å². The van der Waals surface area contributed by atoms with Crippen molar-refractivity contribution in [1.29, 1.82) is 0 Å². The number of rotatable bonds is 9. The van der Waals surface area contributed by atoms with Crippen molar-refractivity contribution in [3.8, 4) is 0 Å². The monoisotopic (exact) mass is 640 g/mol. The summed E-state index contributed by atoms with van der Waals surface area (Å²) in [6.45, 7) is 4.80. The molecule has 0 aliphatic heterocycles. The summed E-state index contributed by atoms with van der Waals surface area (Å²) in [7, 11) is -7.72. The lowest BCUT2D eigenvalue weighted by atomic mass is 10.2. The molecule has 0 bridgehead atoms. The summed E-state index contributed by atoms with van der Waals surface area (Å²) < 4.78 is 34.3. The van der Waals surface area contributed by atoms with Gasteiger partial charge in [-0.15, -0.1) is 10.2 Å². The van der Waals surface area contributed by atoms with Crippen LogP contribution in [0.1, 0.15) is 24.2 Å². The maximum absolute atomic E-state index is 14.0. The van der Waals surface area contributed by atoms with Gasteiger partial charge < -0.3 is 10.2 Å². The molecule has 8 nitrogen and oxygen atoms in total. The van der Waals surface area contributed by atoms with E-state index in [1.165, 1.54) is 0 Å². The number of carbonyl (C=O) groups excluding carboxylic acids is 2. The average Bonchev–Trinajstić information content (AvgIpc) is 3.02. The number of amides is 2. The molecule has 1 N–H and O–H groups in total. The highest BCUT2D eigenvalue weighted by molar-refractivity contribution is 8.00. The van der Waals surface area contributed by atoms with E-state index in [0.29, 0.717) is 23.4 Å². The molecule has 0 aromatic heterocycles. The molecule has 0 atom stereocenters. The Kier molecular flexibility index (Phi) is 12.4. The number of hydrogen-bond acceptors (Lipinski definition) is 6. The maximum atomic E-state index is 14.0. The van der Waals surface area contributed by atoms with E-state index in [1.54, 1.807) is 29.2 Å². The van der Waals surface area contributed by atoms with Crippen LogP contribution in [0.15, 0.2) is 132 Å². The first-order valence-corrected chi connectivity index (χ1v) is 16.7. The highest BCUT2D eigenvalue weighted by Gasteiger charge is 2.52. The molecule has 0 aliphatic carbocycles. The van der Waals surface area contributed by atoms with Gasteiger partial charge in [0.2, 0.25) is 4.77 Å². The lowest BCUT2D eigenvalue weighted by molar-refractivity contribution is -2.00. The van der Waals surface area contributed by atoms with Gasteiger partial charge in [-0.1, -0.05) is 72.8 Å². The summed E-state index contributed by atoms with van der Waals surface area (Å²) >= 11 is 7.52. The predicted molar refractivity (Wildman–Crippen MR) is 160 cm³/mol. The van der Waals surface area contributed by atoms with E-state index in [4.69, 9.17) is 30.2 Å². The molecule has 4 aromatic carbocycles. The lowest BCUT2D eigenvalue weighted by Crippen LogP contribution is -2.68. The zero-order chi connectivity index (χ0) is 31.5. The van der Waals surface area contributed by atoms with Gasteiger partial charge in [0.15, 0.2) is 13.0 Å². The molecule has 4 aromatic rings. The molecule has 0 heterocycles. The van der Waals surface area contributed by atoms with E-state index < -0.39 is 17.5 Å². The zero-order valence-electron chi connectivity index (χ0n) is 23.6. The molecule has 4 rings (SSSR count). The first kappa shape index (κ1) is 33.9. The standard InChI is InChI=1S/C32H30ClN2O2P.ClHO4/c1-3-35(4-2)32(37)29(34-31(36)25-17-9-5-10-18-25)30(33)38(26-19-11-6-12-20-26,27-21-13-7-14-22-27)28-23-15-8-16-24-28;2-1(3,4)5/h5-24H,3-4H2,1-2H3;(H,2,3,4,5)/b30-29+;. The van der Waals surface area contributed by atoms with E-state index in [9.17, 15) is 9.59 Å². The van der Waals surface area contributed by atoms with Crippen LogP contribution in [-0.4, -0.2) is 29.8 Å².